The number of hydrogen-bond acceptors (Lipinski definition) is 3. The van der Waals surface area contributed by atoms with Crippen LogP contribution < -0.4 is 0 Å². The van der Waals surface area contributed by atoms with Gasteiger partial charge >= 0.3 is 6.09 Å². The van der Waals surface area contributed by atoms with Crippen molar-refractivity contribution in [3.8, 4) is 0 Å². The number of nitrogens with zero attached hydrogens (tertiary/aromatic N) is 1. The topological polar surface area (TPSA) is 46.6 Å². The number of ether oxygens (including phenoxy) is 1. The fourth-order valence-electron chi connectivity index (χ4n) is 12.4. The summed E-state index contributed by atoms with van der Waals surface area (Å²) in [6.07, 6.45) is 12.7. The number of rotatable bonds is 4. The highest BCUT2D eigenvalue weighted by atomic mass is 16.6. The zero-order chi connectivity index (χ0) is 29.0. The summed E-state index contributed by atoms with van der Waals surface area (Å²) in [7, 11) is 0. The predicted molar refractivity (Wildman–Crippen MR) is 161 cm³/mol. The largest absolute Gasteiger partial charge is 0.450 e. The SMILES string of the molecule is CCOC(=O)N(C1CC1)C1CC[C@]2(C)[C@H]3CC[C@@H]4C5=C(C(C)C)C(=O)C[C@]5(C)CC[C@@]4(C)[C@]3(C)CC[C@H]2C1(C)C. The van der Waals surface area contributed by atoms with Crippen LogP contribution in [0, 0.1) is 50.7 Å². The molecule has 6 rings (SSSR count). The first kappa shape index (κ1) is 28.8. The van der Waals surface area contributed by atoms with Crippen LogP contribution in [-0.4, -0.2) is 35.5 Å². The first-order valence-electron chi connectivity index (χ1n) is 16.9. The van der Waals surface area contributed by atoms with Crippen LogP contribution in [-0.2, 0) is 9.53 Å². The smallest absolute Gasteiger partial charge is 0.410 e. The summed E-state index contributed by atoms with van der Waals surface area (Å²) in [4.78, 5) is 28.8. The third kappa shape index (κ3) is 3.68. The van der Waals surface area contributed by atoms with Gasteiger partial charge in [0, 0.05) is 18.5 Å². The van der Waals surface area contributed by atoms with Crippen molar-refractivity contribution in [3.05, 3.63) is 11.1 Å². The number of hydrogen-bond donors (Lipinski definition) is 0. The summed E-state index contributed by atoms with van der Waals surface area (Å²) < 4.78 is 5.62. The van der Waals surface area contributed by atoms with E-state index in [0.717, 1.165) is 25.7 Å². The lowest BCUT2D eigenvalue weighted by Crippen LogP contribution is -2.67. The van der Waals surface area contributed by atoms with Gasteiger partial charge in [0.2, 0.25) is 0 Å². The molecule has 0 aliphatic heterocycles. The number of carbonyl (C=O) groups is 2. The van der Waals surface area contributed by atoms with E-state index >= 15 is 0 Å². The van der Waals surface area contributed by atoms with E-state index in [1.54, 1.807) is 5.57 Å². The molecule has 224 valence electrons. The van der Waals surface area contributed by atoms with E-state index in [-0.39, 0.29) is 39.2 Å². The maximum atomic E-state index is 13.4. The minimum atomic E-state index is -0.0778. The van der Waals surface area contributed by atoms with Gasteiger partial charge in [0.25, 0.3) is 0 Å². The fraction of sp³-hybridized carbons (Fsp3) is 0.889. The summed E-state index contributed by atoms with van der Waals surface area (Å²) in [5.74, 6) is 2.63. The Balaban J connectivity index is 1.35. The summed E-state index contributed by atoms with van der Waals surface area (Å²) >= 11 is 0. The lowest BCUT2D eigenvalue weighted by Gasteiger charge is -2.72. The number of fused-ring (bicyclic) bond motifs is 7. The normalized spacial score (nSPS) is 45.9. The van der Waals surface area contributed by atoms with Gasteiger partial charge in [-0.2, -0.15) is 0 Å². The van der Waals surface area contributed by atoms with Gasteiger partial charge in [-0.3, -0.25) is 4.79 Å². The van der Waals surface area contributed by atoms with Crippen LogP contribution in [0.3, 0.4) is 0 Å². The molecule has 0 bridgehead atoms. The van der Waals surface area contributed by atoms with Gasteiger partial charge in [0.1, 0.15) is 0 Å². The quantitative estimate of drug-likeness (QED) is 0.350. The number of carbonyl (C=O) groups excluding carboxylic acids is 2. The van der Waals surface area contributed by atoms with Gasteiger partial charge in [-0.25, -0.2) is 4.79 Å². The first-order chi connectivity index (χ1) is 18.7. The molecule has 6 aliphatic rings. The number of Topliss-reactive ketones (excluding diaryl/α,β-unsaturated/α-hetero) is 1. The second-order valence-corrected chi connectivity index (χ2v) is 17.0. The van der Waals surface area contributed by atoms with Crippen molar-refractivity contribution in [3.63, 3.8) is 0 Å². The molecule has 0 aromatic heterocycles. The van der Waals surface area contributed by atoms with E-state index in [0.29, 0.717) is 42.1 Å². The molecule has 0 spiro atoms. The molecule has 0 N–H and O–H groups in total. The highest BCUT2D eigenvalue weighted by Gasteiger charge is 2.70. The monoisotopic (exact) mass is 551 g/mol. The van der Waals surface area contributed by atoms with Crippen molar-refractivity contribution in [2.75, 3.05) is 6.61 Å². The van der Waals surface area contributed by atoms with Crippen LogP contribution in [0.5, 0.6) is 0 Å². The Hall–Kier alpha value is -1.32. The zero-order valence-corrected chi connectivity index (χ0v) is 27.1. The summed E-state index contributed by atoms with van der Waals surface area (Å²) in [6, 6.07) is 0.650. The van der Waals surface area contributed by atoms with E-state index < -0.39 is 0 Å². The Morgan fingerprint density at radius 3 is 2.20 bits per heavy atom. The molecule has 0 aromatic rings. The molecule has 0 radical (unpaired) electrons. The van der Waals surface area contributed by atoms with Crippen molar-refractivity contribution < 1.29 is 14.3 Å². The van der Waals surface area contributed by atoms with Crippen molar-refractivity contribution in [1.29, 1.82) is 0 Å². The molecule has 4 heteroatoms. The van der Waals surface area contributed by atoms with Gasteiger partial charge in [0.15, 0.2) is 5.78 Å². The fourth-order valence-corrected chi connectivity index (χ4v) is 12.4. The lowest BCUT2D eigenvalue weighted by atomic mass is 9.33. The molecule has 8 atom stereocenters. The Kier molecular flexibility index (Phi) is 6.54. The third-order valence-electron chi connectivity index (χ3n) is 14.5. The number of allylic oxidation sites excluding steroid dienone is 2. The van der Waals surface area contributed by atoms with Gasteiger partial charge in [-0.15, -0.1) is 0 Å². The maximum absolute atomic E-state index is 13.4. The molecule has 6 aliphatic carbocycles. The van der Waals surface area contributed by atoms with Gasteiger partial charge in [0.05, 0.1) is 6.61 Å². The minimum absolute atomic E-state index is 0.0672. The Bertz CT molecular complexity index is 1120. The van der Waals surface area contributed by atoms with Crippen molar-refractivity contribution in [1.82, 2.24) is 4.90 Å². The molecule has 5 fully saturated rings. The zero-order valence-electron chi connectivity index (χ0n) is 27.1. The van der Waals surface area contributed by atoms with E-state index in [1.807, 2.05) is 6.92 Å². The molecule has 40 heavy (non-hydrogen) atoms. The molecule has 5 saturated carbocycles. The minimum Gasteiger partial charge on any atom is -0.450 e. The number of ketones is 1. The molecule has 1 unspecified atom stereocenters. The third-order valence-corrected chi connectivity index (χ3v) is 14.5. The Morgan fingerprint density at radius 1 is 0.875 bits per heavy atom. The predicted octanol–water partition coefficient (Wildman–Crippen LogP) is 8.98. The summed E-state index contributed by atoms with van der Waals surface area (Å²) in [6.45, 7) is 22.2. The summed E-state index contributed by atoms with van der Waals surface area (Å²) in [5.41, 5.74) is 3.76. The van der Waals surface area contributed by atoms with E-state index in [4.69, 9.17) is 4.74 Å². The average molecular weight is 552 g/mol. The van der Waals surface area contributed by atoms with Crippen molar-refractivity contribution in [2.45, 2.75) is 145 Å². The Labute approximate surface area is 244 Å². The van der Waals surface area contributed by atoms with E-state index in [1.165, 1.54) is 50.5 Å². The first-order valence-corrected chi connectivity index (χ1v) is 16.9. The van der Waals surface area contributed by atoms with E-state index in [2.05, 4.69) is 60.3 Å². The van der Waals surface area contributed by atoms with Gasteiger partial charge in [-0.05, 0) is 127 Å². The lowest BCUT2D eigenvalue weighted by molar-refractivity contribution is -0.221. The van der Waals surface area contributed by atoms with Gasteiger partial charge < -0.3 is 9.64 Å². The summed E-state index contributed by atoms with van der Waals surface area (Å²) in [5, 5.41) is 0. The van der Waals surface area contributed by atoms with E-state index in [9.17, 15) is 9.59 Å². The van der Waals surface area contributed by atoms with Crippen LogP contribution in [0.15, 0.2) is 11.1 Å². The molecule has 1 amide bonds. The van der Waals surface area contributed by atoms with Crippen LogP contribution in [0.4, 0.5) is 4.79 Å². The molecule has 0 aromatic carbocycles. The van der Waals surface area contributed by atoms with Crippen LogP contribution in [0.1, 0.15) is 133 Å². The average Bonchev–Trinajstić information content (AvgIpc) is 3.64. The molecular formula is C36H57NO3. The Morgan fingerprint density at radius 2 is 1.57 bits per heavy atom. The van der Waals surface area contributed by atoms with Crippen LogP contribution in [0.2, 0.25) is 0 Å². The second kappa shape index (κ2) is 9.09. The highest BCUT2D eigenvalue weighted by Crippen LogP contribution is 2.76. The van der Waals surface area contributed by atoms with Crippen LogP contribution in [0.25, 0.3) is 0 Å². The van der Waals surface area contributed by atoms with Crippen molar-refractivity contribution >= 4 is 11.9 Å². The molecule has 0 heterocycles. The molecular weight excluding hydrogens is 494 g/mol. The maximum Gasteiger partial charge on any atom is 0.410 e. The molecule has 0 saturated heterocycles. The number of amides is 1. The van der Waals surface area contributed by atoms with Crippen LogP contribution >= 0.6 is 0 Å². The van der Waals surface area contributed by atoms with Gasteiger partial charge in [-0.1, -0.05) is 61.0 Å². The standard InChI is InChI=1S/C36H57NO3/c1-10-40-31(39)37(23-11-12-23)28-16-17-34(7)26(32(28,4)5)15-18-36(9)27(34)14-13-24-30-29(22(2)3)25(38)21-33(30,6)19-20-35(24,36)8/h22-24,26-28H,10-21H2,1-9H3/t24-,26+,27-,28?,33+,34+,35-,36-/m1/s1. The van der Waals surface area contributed by atoms with Crippen molar-refractivity contribution in [2.24, 2.45) is 50.7 Å². The highest BCUT2D eigenvalue weighted by molar-refractivity contribution is 6.00. The molecule has 4 nitrogen and oxygen atoms in total. The second-order valence-electron chi connectivity index (χ2n) is 17.0.